The third kappa shape index (κ3) is 3.96. The highest BCUT2D eigenvalue weighted by molar-refractivity contribution is 7.98. The van der Waals surface area contributed by atoms with Crippen molar-refractivity contribution in [3.05, 3.63) is 18.0 Å². The molecule has 0 amide bonds. The summed E-state index contributed by atoms with van der Waals surface area (Å²) in [6.45, 7) is 0.447. The highest BCUT2D eigenvalue weighted by atomic mass is 32.2. The lowest BCUT2D eigenvalue weighted by Crippen LogP contribution is -2.27. The number of thioether (sulfide) groups is 1. The second-order valence-corrected chi connectivity index (χ2v) is 5.89. The van der Waals surface area contributed by atoms with Crippen LogP contribution in [0.15, 0.2) is 26.2 Å². The fraction of sp³-hybridized carbons (Fsp3) is 0.444. The van der Waals surface area contributed by atoms with Crippen LogP contribution in [0.4, 0.5) is 0 Å². The van der Waals surface area contributed by atoms with E-state index in [-0.39, 0.29) is 11.7 Å². The van der Waals surface area contributed by atoms with Crippen LogP contribution in [0.1, 0.15) is 5.69 Å². The number of nitrogens with zero attached hydrogens (tertiary/aromatic N) is 3. The molecule has 19 heavy (non-hydrogen) atoms. The minimum Gasteiger partial charge on any atom is -0.478 e. The molecule has 1 aliphatic rings. The van der Waals surface area contributed by atoms with Crippen LogP contribution in [0.25, 0.3) is 0 Å². The molecule has 1 N–H and O–H groups in total. The van der Waals surface area contributed by atoms with Crippen LogP contribution < -0.4 is 4.72 Å². The number of methoxy groups -OCH3 is 1. The first-order valence-electron chi connectivity index (χ1n) is 5.29. The number of rotatable bonds is 5. The average molecular weight is 304 g/mol. The molecular weight excluding hydrogens is 292 g/mol. The molecule has 1 aromatic heterocycles. The number of amidine groups is 1. The van der Waals surface area contributed by atoms with Gasteiger partial charge in [0.2, 0.25) is 5.84 Å². The minimum atomic E-state index is -3.68. The third-order valence-corrected chi connectivity index (χ3v) is 3.90. The number of hydrogen-bond acceptors (Lipinski definition) is 7. The zero-order chi connectivity index (χ0) is 13.7. The smallest absolute Gasteiger partial charge is 0.347 e. The molecule has 0 aromatic carbocycles. The van der Waals surface area contributed by atoms with Gasteiger partial charge in [0.15, 0.2) is 0 Å². The first kappa shape index (κ1) is 13.9. The molecule has 10 heteroatoms. The number of hydrogen-bond donors (Lipinski definition) is 1. The zero-order valence-electron chi connectivity index (χ0n) is 10.1. The van der Waals surface area contributed by atoms with Gasteiger partial charge in [-0.3, -0.25) is 4.99 Å². The molecule has 0 aliphatic carbocycles. The summed E-state index contributed by atoms with van der Waals surface area (Å²) < 4.78 is 37.4. The first-order chi connectivity index (χ1) is 9.11. The van der Waals surface area contributed by atoms with Crippen molar-refractivity contribution < 1.29 is 17.7 Å². The SMILES string of the molecule is COC1=NS(=O)(=O)NC1=NCCSCc1ccon1. The highest BCUT2D eigenvalue weighted by Crippen LogP contribution is 2.10. The summed E-state index contributed by atoms with van der Waals surface area (Å²) in [7, 11) is -2.34. The van der Waals surface area contributed by atoms with E-state index in [1.54, 1.807) is 17.8 Å². The van der Waals surface area contributed by atoms with Crippen molar-refractivity contribution >= 4 is 33.7 Å². The van der Waals surface area contributed by atoms with E-state index < -0.39 is 10.2 Å². The van der Waals surface area contributed by atoms with Crippen molar-refractivity contribution in [2.75, 3.05) is 19.4 Å². The van der Waals surface area contributed by atoms with Gasteiger partial charge in [0.05, 0.1) is 19.3 Å². The van der Waals surface area contributed by atoms with Crippen LogP contribution in [0.5, 0.6) is 0 Å². The lowest BCUT2D eigenvalue weighted by molar-refractivity contribution is 0.412. The summed E-state index contributed by atoms with van der Waals surface area (Å²) in [4.78, 5) is 4.10. The molecule has 2 rings (SSSR count). The fourth-order valence-electron chi connectivity index (χ4n) is 1.29. The van der Waals surface area contributed by atoms with Gasteiger partial charge in [-0.05, 0) is 0 Å². The van der Waals surface area contributed by atoms with Gasteiger partial charge in [0.25, 0.3) is 5.90 Å². The molecule has 0 bridgehead atoms. The summed E-state index contributed by atoms with van der Waals surface area (Å²) in [5.41, 5.74) is 0.860. The predicted molar refractivity (Wildman–Crippen MR) is 71.5 cm³/mol. The zero-order valence-corrected chi connectivity index (χ0v) is 11.7. The predicted octanol–water partition coefficient (Wildman–Crippen LogP) is 0.199. The van der Waals surface area contributed by atoms with Crippen LogP contribution in [0, 0.1) is 0 Å². The maximum absolute atomic E-state index is 11.2. The summed E-state index contributed by atoms with van der Waals surface area (Å²) in [5, 5.41) is 3.77. The molecule has 104 valence electrons. The Kier molecular flexibility index (Phi) is 4.43. The number of nitrogens with one attached hydrogen (secondary N) is 1. The van der Waals surface area contributed by atoms with Crippen LogP contribution >= 0.6 is 11.8 Å². The highest BCUT2D eigenvalue weighted by Gasteiger charge is 2.26. The van der Waals surface area contributed by atoms with E-state index in [0.29, 0.717) is 6.54 Å². The maximum atomic E-state index is 11.2. The van der Waals surface area contributed by atoms with E-state index in [4.69, 9.17) is 9.26 Å². The molecular formula is C9H12N4O4S2. The van der Waals surface area contributed by atoms with Gasteiger partial charge in [-0.2, -0.15) is 20.2 Å². The van der Waals surface area contributed by atoms with Gasteiger partial charge in [0, 0.05) is 17.6 Å². The molecule has 8 nitrogen and oxygen atoms in total. The molecule has 1 aliphatic heterocycles. The van der Waals surface area contributed by atoms with E-state index in [2.05, 4.69) is 19.3 Å². The van der Waals surface area contributed by atoms with Crippen LogP contribution in [-0.2, 0) is 20.7 Å². The lowest BCUT2D eigenvalue weighted by Gasteiger charge is -2.00. The molecule has 0 spiro atoms. The van der Waals surface area contributed by atoms with E-state index in [0.717, 1.165) is 17.2 Å². The Morgan fingerprint density at radius 2 is 2.42 bits per heavy atom. The Labute approximate surface area is 114 Å². The third-order valence-electron chi connectivity index (χ3n) is 2.07. The molecule has 0 saturated carbocycles. The monoisotopic (exact) mass is 304 g/mol. The lowest BCUT2D eigenvalue weighted by atomic mass is 10.5. The van der Waals surface area contributed by atoms with E-state index in [9.17, 15) is 8.42 Å². The molecule has 0 unspecified atom stereocenters. The molecule has 2 heterocycles. The molecule has 0 fully saturated rings. The molecule has 0 radical (unpaired) electrons. The van der Waals surface area contributed by atoms with Crippen LogP contribution in [0.3, 0.4) is 0 Å². The van der Waals surface area contributed by atoms with Crippen molar-refractivity contribution in [3.8, 4) is 0 Å². The van der Waals surface area contributed by atoms with Crippen LogP contribution in [0.2, 0.25) is 0 Å². The van der Waals surface area contributed by atoms with Gasteiger partial charge in [-0.1, -0.05) is 5.16 Å². The first-order valence-corrected chi connectivity index (χ1v) is 7.89. The minimum absolute atomic E-state index is 0.0125. The quantitative estimate of drug-likeness (QED) is 0.779. The van der Waals surface area contributed by atoms with Gasteiger partial charge < -0.3 is 9.26 Å². The van der Waals surface area contributed by atoms with E-state index in [1.165, 1.54) is 13.4 Å². The Hall–Kier alpha value is -1.55. The Morgan fingerprint density at radius 3 is 3.11 bits per heavy atom. The molecule has 0 atom stereocenters. The Morgan fingerprint density at radius 1 is 1.58 bits per heavy atom. The second-order valence-electron chi connectivity index (χ2n) is 3.45. The van der Waals surface area contributed by atoms with Crippen molar-refractivity contribution in [1.82, 2.24) is 9.88 Å². The van der Waals surface area contributed by atoms with Crippen molar-refractivity contribution in [1.29, 1.82) is 0 Å². The number of aliphatic imine (C=N–C) groups is 1. The number of aromatic nitrogens is 1. The average Bonchev–Trinajstić information content (AvgIpc) is 2.96. The van der Waals surface area contributed by atoms with Crippen molar-refractivity contribution in [3.63, 3.8) is 0 Å². The van der Waals surface area contributed by atoms with E-state index >= 15 is 0 Å². The maximum Gasteiger partial charge on any atom is 0.347 e. The topological polar surface area (TPSA) is 106 Å². The summed E-state index contributed by atoms with van der Waals surface area (Å²) in [6.07, 6.45) is 1.52. The Bertz CT molecular complexity index is 579. The normalized spacial score (nSPS) is 19.2. The van der Waals surface area contributed by atoms with Gasteiger partial charge >= 0.3 is 10.2 Å². The molecule has 0 saturated heterocycles. The van der Waals surface area contributed by atoms with Gasteiger partial charge in [-0.25, -0.2) is 4.72 Å². The second kappa shape index (κ2) is 6.06. The number of ether oxygens (including phenoxy) is 1. The summed E-state index contributed by atoms with van der Waals surface area (Å²) in [6, 6.07) is 1.79. The van der Waals surface area contributed by atoms with Crippen molar-refractivity contribution in [2.24, 2.45) is 9.39 Å². The van der Waals surface area contributed by atoms with E-state index in [1.807, 2.05) is 0 Å². The standard InChI is InChI=1S/C9H12N4O4S2/c1-16-9-8(12-19(14,15)13-9)10-3-5-18-6-7-2-4-17-11-7/h2,4H,3,5-6H2,1H3,(H,10,12). The summed E-state index contributed by atoms with van der Waals surface area (Å²) >= 11 is 1.62. The Balaban J connectivity index is 1.78. The van der Waals surface area contributed by atoms with Gasteiger partial charge in [0.1, 0.15) is 6.26 Å². The van der Waals surface area contributed by atoms with Crippen molar-refractivity contribution in [2.45, 2.75) is 5.75 Å². The van der Waals surface area contributed by atoms with Gasteiger partial charge in [-0.15, -0.1) is 4.40 Å². The molecule has 1 aromatic rings. The summed E-state index contributed by atoms with van der Waals surface area (Å²) in [5.74, 6) is 1.57. The fourth-order valence-corrected chi connectivity index (χ4v) is 2.83. The van der Waals surface area contributed by atoms with Crippen LogP contribution in [-0.4, -0.2) is 44.7 Å². The largest absolute Gasteiger partial charge is 0.478 e.